The van der Waals surface area contributed by atoms with E-state index < -0.39 is 41.6 Å². The molecule has 2 aromatic carbocycles. The van der Waals surface area contributed by atoms with Gasteiger partial charge in [0.05, 0.1) is 24.5 Å². The number of carbonyl (C=O) groups excluding carboxylic acids is 3. The Labute approximate surface area is 197 Å². The van der Waals surface area contributed by atoms with Crippen LogP contribution in [-0.4, -0.2) is 42.3 Å². The van der Waals surface area contributed by atoms with Gasteiger partial charge in [0.1, 0.15) is 11.4 Å². The van der Waals surface area contributed by atoms with Gasteiger partial charge >= 0.3 is 6.36 Å². The van der Waals surface area contributed by atoms with Crippen molar-refractivity contribution < 1.29 is 37.0 Å². The normalized spacial score (nSPS) is 26.6. The number of anilines is 3. The standard InChI is InChI=1S/C24H20F3N3O5/c1-13(31)28-14-2-6-16(7-3-14)30-12-23-11-10-18(35-23)19(20(23)22(30)33)21(32)29-15-4-8-17(9-5-15)34-24(25,26)27/h2-11,18-20H,12H2,1H3,(H,28,31)(H,29,32)/t18-,19+,20+,23-/m1/s1. The lowest BCUT2D eigenvalue weighted by Crippen LogP contribution is -2.41. The third kappa shape index (κ3) is 4.23. The molecule has 8 nitrogen and oxygen atoms in total. The highest BCUT2D eigenvalue weighted by Gasteiger charge is 2.67. The van der Waals surface area contributed by atoms with E-state index in [2.05, 4.69) is 15.4 Å². The van der Waals surface area contributed by atoms with Crippen molar-refractivity contribution >= 4 is 34.8 Å². The molecule has 1 spiro atoms. The summed E-state index contributed by atoms with van der Waals surface area (Å²) >= 11 is 0. The summed E-state index contributed by atoms with van der Waals surface area (Å²) in [5, 5.41) is 5.33. The molecule has 3 aliphatic heterocycles. The van der Waals surface area contributed by atoms with E-state index in [0.29, 0.717) is 11.4 Å². The number of hydrogen-bond acceptors (Lipinski definition) is 5. The summed E-state index contributed by atoms with van der Waals surface area (Å²) in [4.78, 5) is 39.4. The van der Waals surface area contributed by atoms with Crippen LogP contribution in [0.15, 0.2) is 60.7 Å². The number of nitrogens with one attached hydrogen (secondary N) is 2. The van der Waals surface area contributed by atoms with E-state index in [9.17, 15) is 27.6 Å². The van der Waals surface area contributed by atoms with Gasteiger partial charge < -0.3 is 25.0 Å². The number of carbonyl (C=O) groups is 3. The third-order valence-corrected chi connectivity index (χ3v) is 6.26. The number of ether oxygens (including phenoxy) is 2. The van der Waals surface area contributed by atoms with Crippen LogP contribution in [0.1, 0.15) is 6.92 Å². The van der Waals surface area contributed by atoms with Crippen LogP contribution < -0.4 is 20.3 Å². The Kier molecular flexibility index (Phi) is 5.32. The highest BCUT2D eigenvalue weighted by molar-refractivity contribution is 6.05. The van der Waals surface area contributed by atoms with Crippen molar-refractivity contribution in [3.8, 4) is 5.75 Å². The maximum absolute atomic E-state index is 13.4. The smallest absolute Gasteiger partial charge is 0.406 e. The summed E-state index contributed by atoms with van der Waals surface area (Å²) in [6, 6.07) is 11.5. The average molecular weight is 487 g/mol. The molecule has 3 aliphatic rings. The van der Waals surface area contributed by atoms with Gasteiger partial charge in [-0.15, -0.1) is 13.2 Å². The van der Waals surface area contributed by atoms with Crippen LogP contribution in [0.5, 0.6) is 5.75 Å². The summed E-state index contributed by atoms with van der Waals surface area (Å²) in [7, 11) is 0. The van der Waals surface area contributed by atoms with Gasteiger partial charge in [0, 0.05) is 24.0 Å². The van der Waals surface area contributed by atoms with Gasteiger partial charge in [0.15, 0.2) is 0 Å². The number of nitrogens with zero attached hydrogens (tertiary/aromatic N) is 1. The van der Waals surface area contributed by atoms with Gasteiger partial charge in [-0.05, 0) is 48.5 Å². The SMILES string of the molecule is CC(=O)Nc1ccc(N2C[C@@]34C=C[C@@H](O3)[C@H](C(=O)Nc3ccc(OC(F)(F)F)cc3)[C@H]4C2=O)cc1. The van der Waals surface area contributed by atoms with Crippen LogP contribution in [0.4, 0.5) is 30.2 Å². The zero-order chi connectivity index (χ0) is 25.0. The molecule has 2 saturated heterocycles. The molecule has 2 fully saturated rings. The van der Waals surface area contributed by atoms with Gasteiger partial charge in [-0.2, -0.15) is 0 Å². The van der Waals surface area contributed by atoms with E-state index in [4.69, 9.17) is 4.74 Å². The first-order chi connectivity index (χ1) is 16.5. The van der Waals surface area contributed by atoms with Gasteiger partial charge in [0.2, 0.25) is 17.7 Å². The minimum Gasteiger partial charge on any atom is -0.406 e. The number of rotatable bonds is 5. The first-order valence-corrected chi connectivity index (χ1v) is 10.8. The highest BCUT2D eigenvalue weighted by atomic mass is 19.4. The Morgan fingerprint density at radius 3 is 2.31 bits per heavy atom. The fourth-order valence-corrected chi connectivity index (χ4v) is 4.91. The van der Waals surface area contributed by atoms with Crippen LogP contribution in [-0.2, 0) is 19.1 Å². The lowest BCUT2D eigenvalue weighted by atomic mass is 9.77. The van der Waals surface area contributed by atoms with Crippen LogP contribution in [0.3, 0.4) is 0 Å². The Bertz CT molecular complexity index is 1210. The van der Waals surface area contributed by atoms with E-state index in [1.807, 2.05) is 6.08 Å². The van der Waals surface area contributed by atoms with E-state index in [1.165, 1.54) is 19.1 Å². The molecule has 3 amide bonds. The maximum atomic E-state index is 13.4. The van der Waals surface area contributed by atoms with E-state index in [-0.39, 0.29) is 24.0 Å². The van der Waals surface area contributed by atoms with Crippen LogP contribution in [0, 0.1) is 11.8 Å². The second-order valence-corrected chi connectivity index (χ2v) is 8.61. The number of amides is 3. The molecular weight excluding hydrogens is 467 g/mol. The molecule has 4 atom stereocenters. The lowest BCUT2D eigenvalue weighted by molar-refractivity contribution is -0.274. The molecular formula is C24H20F3N3O5. The van der Waals surface area contributed by atoms with E-state index in [0.717, 1.165) is 12.1 Å². The van der Waals surface area contributed by atoms with Gasteiger partial charge in [-0.3, -0.25) is 14.4 Å². The molecule has 0 saturated carbocycles. The molecule has 3 heterocycles. The summed E-state index contributed by atoms with van der Waals surface area (Å²) in [5.41, 5.74) is 0.519. The average Bonchev–Trinajstić information content (AvgIpc) is 3.42. The van der Waals surface area contributed by atoms with Gasteiger partial charge in [-0.1, -0.05) is 12.2 Å². The van der Waals surface area contributed by atoms with Crippen molar-refractivity contribution in [2.45, 2.75) is 25.0 Å². The molecule has 2 aromatic rings. The minimum absolute atomic E-state index is 0.213. The quantitative estimate of drug-likeness (QED) is 0.630. The maximum Gasteiger partial charge on any atom is 0.573 e. The van der Waals surface area contributed by atoms with Gasteiger partial charge in [-0.25, -0.2) is 0 Å². The Balaban J connectivity index is 1.32. The molecule has 0 radical (unpaired) electrons. The van der Waals surface area contributed by atoms with Crippen molar-refractivity contribution in [2.24, 2.45) is 11.8 Å². The fraction of sp³-hybridized carbons (Fsp3) is 0.292. The second-order valence-electron chi connectivity index (χ2n) is 8.61. The first-order valence-electron chi connectivity index (χ1n) is 10.8. The first kappa shape index (κ1) is 22.9. The van der Waals surface area contributed by atoms with Crippen molar-refractivity contribution in [3.63, 3.8) is 0 Å². The number of halogens is 3. The monoisotopic (exact) mass is 487 g/mol. The number of fused-ring (bicyclic) bond motifs is 1. The zero-order valence-electron chi connectivity index (χ0n) is 18.3. The Morgan fingerprint density at radius 1 is 1.06 bits per heavy atom. The summed E-state index contributed by atoms with van der Waals surface area (Å²) in [6.45, 7) is 1.63. The molecule has 0 aliphatic carbocycles. The molecule has 2 N–H and O–H groups in total. The molecule has 2 bridgehead atoms. The van der Waals surface area contributed by atoms with Crippen molar-refractivity contribution in [1.29, 1.82) is 0 Å². The van der Waals surface area contributed by atoms with Crippen molar-refractivity contribution in [1.82, 2.24) is 0 Å². The molecule has 0 aromatic heterocycles. The molecule has 35 heavy (non-hydrogen) atoms. The Hall–Kier alpha value is -3.86. The fourth-order valence-electron chi connectivity index (χ4n) is 4.91. The third-order valence-electron chi connectivity index (χ3n) is 6.26. The molecule has 182 valence electrons. The summed E-state index contributed by atoms with van der Waals surface area (Å²) in [5.74, 6) is -2.91. The number of hydrogen-bond donors (Lipinski definition) is 2. The van der Waals surface area contributed by atoms with Crippen LogP contribution in [0.25, 0.3) is 0 Å². The molecule has 11 heteroatoms. The van der Waals surface area contributed by atoms with Crippen LogP contribution >= 0.6 is 0 Å². The topological polar surface area (TPSA) is 97.0 Å². The number of alkyl halides is 3. The zero-order valence-corrected chi connectivity index (χ0v) is 18.3. The summed E-state index contributed by atoms with van der Waals surface area (Å²) in [6.07, 6.45) is -1.82. The summed E-state index contributed by atoms with van der Waals surface area (Å²) < 4.78 is 47.0. The second kappa shape index (κ2) is 8.12. The van der Waals surface area contributed by atoms with E-state index in [1.54, 1.807) is 35.2 Å². The minimum atomic E-state index is -4.81. The van der Waals surface area contributed by atoms with E-state index >= 15 is 0 Å². The Morgan fingerprint density at radius 2 is 1.69 bits per heavy atom. The lowest BCUT2D eigenvalue weighted by Gasteiger charge is -2.23. The predicted octanol–water partition coefficient (Wildman–Crippen LogP) is 3.47. The highest BCUT2D eigenvalue weighted by Crippen LogP contribution is 2.52. The largest absolute Gasteiger partial charge is 0.573 e. The van der Waals surface area contributed by atoms with Crippen molar-refractivity contribution in [2.75, 3.05) is 22.1 Å². The van der Waals surface area contributed by atoms with Crippen molar-refractivity contribution in [3.05, 3.63) is 60.7 Å². The molecule has 0 unspecified atom stereocenters. The molecule has 5 rings (SSSR count). The number of benzene rings is 2. The van der Waals surface area contributed by atoms with Gasteiger partial charge in [0.25, 0.3) is 0 Å². The van der Waals surface area contributed by atoms with Crippen LogP contribution in [0.2, 0.25) is 0 Å². The predicted molar refractivity (Wildman–Crippen MR) is 119 cm³/mol.